The SMILES string of the molecule is CCCN(CCC)CCCOc1ccc2c(c1)sc1ccc(OCCCN(CCC)CCC)cc12. The number of thiophene rings is 1. The normalized spacial score (nSPS) is 11.8. The predicted molar refractivity (Wildman–Crippen MR) is 154 cm³/mol. The van der Waals surface area contributed by atoms with Crippen LogP contribution in [0.2, 0.25) is 0 Å². The lowest BCUT2D eigenvalue weighted by Crippen LogP contribution is -2.27. The minimum Gasteiger partial charge on any atom is -0.494 e. The topological polar surface area (TPSA) is 24.9 Å². The van der Waals surface area contributed by atoms with Crippen LogP contribution < -0.4 is 9.47 Å². The molecule has 0 saturated carbocycles. The number of benzene rings is 2. The Hall–Kier alpha value is -1.82. The third kappa shape index (κ3) is 8.66. The van der Waals surface area contributed by atoms with Crippen molar-refractivity contribution in [3.05, 3.63) is 36.4 Å². The van der Waals surface area contributed by atoms with Gasteiger partial charge in [0.25, 0.3) is 0 Å². The molecule has 4 nitrogen and oxygen atoms in total. The van der Waals surface area contributed by atoms with E-state index in [-0.39, 0.29) is 0 Å². The summed E-state index contributed by atoms with van der Waals surface area (Å²) in [7, 11) is 0. The van der Waals surface area contributed by atoms with Gasteiger partial charge in [0.15, 0.2) is 0 Å². The summed E-state index contributed by atoms with van der Waals surface area (Å²) in [6, 6.07) is 13.1. The van der Waals surface area contributed by atoms with Crippen molar-refractivity contribution in [2.75, 3.05) is 52.5 Å². The van der Waals surface area contributed by atoms with Gasteiger partial charge in [-0.1, -0.05) is 27.7 Å². The van der Waals surface area contributed by atoms with Crippen LogP contribution >= 0.6 is 11.3 Å². The molecule has 0 aliphatic rings. The van der Waals surface area contributed by atoms with Crippen molar-refractivity contribution in [1.29, 1.82) is 0 Å². The molecule has 2 aromatic carbocycles. The van der Waals surface area contributed by atoms with Crippen molar-refractivity contribution in [3.8, 4) is 11.5 Å². The zero-order valence-corrected chi connectivity index (χ0v) is 23.3. The van der Waals surface area contributed by atoms with Crippen molar-refractivity contribution < 1.29 is 9.47 Å². The summed E-state index contributed by atoms with van der Waals surface area (Å²) in [5.74, 6) is 1.94. The van der Waals surface area contributed by atoms with E-state index in [1.54, 1.807) is 0 Å². The molecule has 0 bridgehead atoms. The molecule has 0 aliphatic carbocycles. The molecule has 1 aromatic heterocycles. The highest BCUT2D eigenvalue weighted by atomic mass is 32.1. The first kappa shape index (κ1) is 27.8. The molecule has 0 aliphatic heterocycles. The average molecular weight is 499 g/mol. The average Bonchev–Trinajstić information content (AvgIpc) is 3.22. The largest absolute Gasteiger partial charge is 0.494 e. The van der Waals surface area contributed by atoms with Gasteiger partial charge in [0.1, 0.15) is 11.5 Å². The van der Waals surface area contributed by atoms with E-state index in [0.717, 1.165) is 50.6 Å². The standard InChI is InChI=1S/C30H46N2O2S/c1-5-15-31(16-6-2)19-9-21-33-25-12-14-29-28(23-25)27-13-11-26(24-30(27)35-29)34-22-10-20-32(17-7-3)18-8-4/h11-14,23-24H,5-10,15-22H2,1-4H3. The van der Waals surface area contributed by atoms with Crippen LogP contribution in [0.25, 0.3) is 20.2 Å². The molecule has 0 radical (unpaired) electrons. The molecule has 5 heteroatoms. The molecule has 3 aromatic rings. The molecule has 0 saturated heterocycles. The van der Waals surface area contributed by atoms with Crippen LogP contribution in [-0.2, 0) is 0 Å². The van der Waals surface area contributed by atoms with Crippen LogP contribution in [0.15, 0.2) is 36.4 Å². The molecule has 0 spiro atoms. The number of ether oxygens (including phenoxy) is 2. The first-order valence-electron chi connectivity index (χ1n) is 13.8. The second-order valence-corrected chi connectivity index (χ2v) is 10.6. The summed E-state index contributed by atoms with van der Waals surface area (Å²) in [6.07, 6.45) is 7.00. The number of nitrogens with zero attached hydrogens (tertiary/aromatic N) is 2. The van der Waals surface area contributed by atoms with Crippen LogP contribution in [-0.4, -0.2) is 62.3 Å². The van der Waals surface area contributed by atoms with Gasteiger partial charge in [0.05, 0.1) is 13.2 Å². The van der Waals surface area contributed by atoms with E-state index in [9.17, 15) is 0 Å². The van der Waals surface area contributed by atoms with Gasteiger partial charge in [-0.05, 0) is 101 Å². The molecule has 0 amide bonds. The fraction of sp³-hybridized carbons (Fsp3) is 0.600. The predicted octanol–water partition coefficient (Wildman–Crippen LogP) is 7.84. The minimum atomic E-state index is 0.767. The van der Waals surface area contributed by atoms with Crippen LogP contribution in [0.4, 0.5) is 0 Å². The fourth-order valence-electron chi connectivity index (χ4n) is 4.81. The van der Waals surface area contributed by atoms with Crippen LogP contribution in [0.5, 0.6) is 11.5 Å². The lowest BCUT2D eigenvalue weighted by Gasteiger charge is -2.20. The van der Waals surface area contributed by atoms with Crippen molar-refractivity contribution in [2.24, 2.45) is 0 Å². The molecular weight excluding hydrogens is 452 g/mol. The third-order valence-corrected chi connectivity index (χ3v) is 7.48. The molecule has 0 N–H and O–H groups in total. The summed E-state index contributed by atoms with van der Waals surface area (Å²) in [5.41, 5.74) is 0. The van der Waals surface area contributed by atoms with Gasteiger partial charge < -0.3 is 19.3 Å². The number of fused-ring (bicyclic) bond motifs is 3. The van der Waals surface area contributed by atoms with Crippen molar-refractivity contribution in [1.82, 2.24) is 9.80 Å². The van der Waals surface area contributed by atoms with E-state index in [0.29, 0.717) is 0 Å². The Labute approximate surface area is 217 Å². The second-order valence-electron chi connectivity index (χ2n) is 9.51. The van der Waals surface area contributed by atoms with Crippen LogP contribution in [0.1, 0.15) is 66.2 Å². The Bertz CT molecular complexity index is 991. The Morgan fingerprint density at radius 1 is 0.571 bits per heavy atom. The van der Waals surface area contributed by atoms with E-state index < -0.39 is 0 Å². The van der Waals surface area contributed by atoms with E-state index in [1.807, 2.05) is 11.3 Å². The maximum absolute atomic E-state index is 6.13. The summed E-state index contributed by atoms with van der Waals surface area (Å²) >= 11 is 1.83. The summed E-state index contributed by atoms with van der Waals surface area (Å²) in [4.78, 5) is 5.09. The van der Waals surface area contributed by atoms with Crippen molar-refractivity contribution in [3.63, 3.8) is 0 Å². The van der Waals surface area contributed by atoms with Gasteiger partial charge in [-0.2, -0.15) is 0 Å². The Morgan fingerprint density at radius 3 is 1.63 bits per heavy atom. The summed E-state index contributed by atoms with van der Waals surface area (Å²) < 4.78 is 14.8. The summed E-state index contributed by atoms with van der Waals surface area (Å²) in [6.45, 7) is 17.5. The lowest BCUT2D eigenvalue weighted by atomic mass is 10.1. The zero-order valence-electron chi connectivity index (χ0n) is 22.5. The van der Waals surface area contributed by atoms with E-state index in [2.05, 4.69) is 73.9 Å². The number of hydrogen-bond acceptors (Lipinski definition) is 5. The molecule has 0 fully saturated rings. The zero-order chi connectivity index (χ0) is 24.9. The second kappa shape index (κ2) is 15.3. The smallest absolute Gasteiger partial charge is 0.120 e. The third-order valence-electron chi connectivity index (χ3n) is 6.35. The first-order valence-corrected chi connectivity index (χ1v) is 14.7. The quantitative estimate of drug-likeness (QED) is 0.167. The van der Waals surface area contributed by atoms with Crippen molar-refractivity contribution in [2.45, 2.75) is 66.2 Å². The van der Waals surface area contributed by atoms with Gasteiger partial charge in [-0.25, -0.2) is 0 Å². The summed E-state index contributed by atoms with van der Waals surface area (Å²) in [5, 5.41) is 2.57. The van der Waals surface area contributed by atoms with Gasteiger partial charge in [0.2, 0.25) is 0 Å². The monoisotopic (exact) mass is 498 g/mol. The van der Waals surface area contributed by atoms with Crippen LogP contribution in [0.3, 0.4) is 0 Å². The Morgan fingerprint density at radius 2 is 1.09 bits per heavy atom. The highest BCUT2D eigenvalue weighted by Gasteiger charge is 2.09. The molecule has 35 heavy (non-hydrogen) atoms. The first-order chi connectivity index (χ1) is 17.2. The molecule has 0 unspecified atom stereocenters. The van der Waals surface area contributed by atoms with Crippen LogP contribution in [0, 0.1) is 0 Å². The van der Waals surface area contributed by atoms with E-state index >= 15 is 0 Å². The van der Waals surface area contributed by atoms with E-state index in [4.69, 9.17) is 9.47 Å². The Balaban J connectivity index is 1.54. The van der Waals surface area contributed by atoms with Gasteiger partial charge in [0, 0.05) is 33.3 Å². The van der Waals surface area contributed by atoms with Crippen molar-refractivity contribution >= 4 is 31.5 Å². The number of rotatable bonds is 18. The fourth-order valence-corrected chi connectivity index (χ4v) is 5.92. The maximum atomic E-state index is 6.13. The number of hydrogen-bond donors (Lipinski definition) is 0. The molecular formula is C30H46N2O2S. The lowest BCUT2D eigenvalue weighted by molar-refractivity contribution is 0.234. The van der Waals surface area contributed by atoms with Gasteiger partial charge in [-0.15, -0.1) is 11.3 Å². The van der Waals surface area contributed by atoms with E-state index in [1.165, 1.54) is 72.0 Å². The highest BCUT2D eigenvalue weighted by Crippen LogP contribution is 2.37. The molecule has 0 atom stereocenters. The van der Waals surface area contributed by atoms with Gasteiger partial charge >= 0.3 is 0 Å². The molecule has 1 heterocycles. The molecule has 3 rings (SSSR count). The minimum absolute atomic E-state index is 0.767. The molecule has 194 valence electrons. The van der Waals surface area contributed by atoms with Gasteiger partial charge in [-0.3, -0.25) is 0 Å². The highest BCUT2D eigenvalue weighted by molar-refractivity contribution is 7.25. The maximum Gasteiger partial charge on any atom is 0.120 e. The Kier molecular flexibility index (Phi) is 12.2.